The molecule has 1 aromatic carbocycles. The number of para-hydroxylation sites is 1. The Labute approximate surface area is 150 Å². The number of carbonyl (C=O) groups is 1. The maximum Gasteiger partial charge on any atom is 0.255 e. The summed E-state index contributed by atoms with van der Waals surface area (Å²) in [7, 11) is 0. The van der Waals surface area contributed by atoms with Crippen LogP contribution in [-0.4, -0.2) is 30.3 Å². The van der Waals surface area contributed by atoms with Gasteiger partial charge in [0, 0.05) is 6.20 Å². The van der Waals surface area contributed by atoms with Crippen molar-refractivity contribution in [3.05, 3.63) is 78.0 Å². The van der Waals surface area contributed by atoms with E-state index in [2.05, 4.69) is 20.6 Å². The third kappa shape index (κ3) is 2.83. The minimum atomic E-state index is -0.170. The standard InChI is InChI=1S/C19H18N6O/c1-2-16-15(12-21-25(16)14-8-4-3-5-9-14)19(26)20-13-18-23-22-17-10-6-7-11-24(17)18/h3-12H,2,13H2,1H3,(H,20,26). The molecule has 7 heteroatoms. The molecule has 130 valence electrons. The molecule has 3 heterocycles. The Bertz CT molecular complexity index is 1050. The van der Waals surface area contributed by atoms with Gasteiger partial charge in [-0.2, -0.15) is 5.10 Å². The highest BCUT2D eigenvalue weighted by atomic mass is 16.1. The van der Waals surface area contributed by atoms with Crippen LogP contribution < -0.4 is 5.32 Å². The number of fused-ring (bicyclic) bond motifs is 1. The number of hydrogen-bond acceptors (Lipinski definition) is 4. The molecule has 0 unspecified atom stereocenters. The van der Waals surface area contributed by atoms with Crippen LogP contribution in [0.15, 0.2) is 60.9 Å². The third-order valence-electron chi connectivity index (χ3n) is 4.24. The maximum atomic E-state index is 12.7. The summed E-state index contributed by atoms with van der Waals surface area (Å²) in [5, 5.41) is 15.5. The summed E-state index contributed by atoms with van der Waals surface area (Å²) in [5.74, 6) is 0.513. The first kappa shape index (κ1) is 16.0. The molecule has 3 aromatic heterocycles. The number of pyridine rings is 1. The van der Waals surface area contributed by atoms with Gasteiger partial charge in [-0.05, 0) is 30.7 Å². The molecular weight excluding hydrogens is 328 g/mol. The van der Waals surface area contributed by atoms with Crippen molar-refractivity contribution in [2.75, 3.05) is 0 Å². The third-order valence-corrected chi connectivity index (χ3v) is 4.24. The second-order valence-electron chi connectivity index (χ2n) is 5.83. The molecule has 7 nitrogen and oxygen atoms in total. The number of benzene rings is 1. The van der Waals surface area contributed by atoms with E-state index < -0.39 is 0 Å². The summed E-state index contributed by atoms with van der Waals surface area (Å²) < 4.78 is 3.66. The molecule has 0 aliphatic carbocycles. The highest BCUT2D eigenvalue weighted by Crippen LogP contribution is 2.16. The summed E-state index contributed by atoms with van der Waals surface area (Å²) in [5.41, 5.74) is 3.14. The molecule has 0 spiro atoms. The molecule has 0 aliphatic heterocycles. The van der Waals surface area contributed by atoms with E-state index in [0.717, 1.165) is 17.0 Å². The van der Waals surface area contributed by atoms with Gasteiger partial charge in [-0.25, -0.2) is 4.68 Å². The lowest BCUT2D eigenvalue weighted by Gasteiger charge is -2.08. The quantitative estimate of drug-likeness (QED) is 0.602. The van der Waals surface area contributed by atoms with Gasteiger partial charge in [-0.3, -0.25) is 9.20 Å². The van der Waals surface area contributed by atoms with Gasteiger partial charge in [0.25, 0.3) is 5.91 Å². The summed E-state index contributed by atoms with van der Waals surface area (Å²) in [6.45, 7) is 2.31. The molecule has 0 radical (unpaired) electrons. The monoisotopic (exact) mass is 346 g/mol. The number of carbonyl (C=O) groups excluding carboxylic acids is 1. The summed E-state index contributed by atoms with van der Waals surface area (Å²) in [6.07, 6.45) is 4.19. The van der Waals surface area contributed by atoms with E-state index in [-0.39, 0.29) is 5.91 Å². The van der Waals surface area contributed by atoms with Crippen molar-refractivity contribution in [1.82, 2.24) is 29.7 Å². The van der Waals surface area contributed by atoms with E-state index in [1.807, 2.05) is 66.1 Å². The predicted molar refractivity (Wildman–Crippen MR) is 97.1 cm³/mol. The fourth-order valence-corrected chi connectivity index (χ4v) is 2.96. The SMILES string of the molecule is CCc1c(C(=O)NCc2nnc3ccccn23)cnn1-c1ccccc1. The van der Waals surface area contributed by atoms with Gasteiger partial charge < -0.3 is 5.32 Å². The van der Waals surface area contributed by atoms with Crippen molar-refractivity contribution < 1.29 is 4.79 Å². The summed E-state index contributed by atoms with van der Waals surface area (Å²) in [6, 6.07) is 15.5. The van der Waals surface area contributed by atoms with E-state index in [1.165, 1.54) is 0 Å². The van der Waals surface area contributed by atoms with Crippen LogP contribution in [-0.2, 0) is 13.0 Å². The lowest BCUT2D eigenvalue weighted by atomic mass is 10.2. The number of hydrogen-bond donors (Lipinski definition) is 1. The molecule has 26 heavy (non-hydrogen) atoms. The van der Waals surface area contributed by atoms with Crippen LogP contribution in [0.5, 0.6) is 0 Å². The number of nitrogens with one attached hydrogen (secondary N) is 1. The van der Waals surface area contributed by atoms with Crippen LogP contribution in [0.25, 0.3) is 11.3 Å². The van der Waals surface area contributed by atoms with Gasteiger partial charge in [0.05, 0.1) is 29.7 Å². The molecule has 4 rings (SSSR count). The molecule has 0 saturated carbocycles. The number of aromatic nitrogens is 5. The van der Waals surface area contributed by atoms with Gasteiger partial charge >= 0.3 is 0 Å². The zero-order valence-corrected chi connectivity index (χ0v) is 14.3. The molecule has 0 fully saturated rings. The van der Waals surface area contributed by atoms with Crippen LogP contribution in [0.3, 0.4) is 0 Å². The van der Waals surface area contributed by atoms with Gasteiger partial charge in [0.15, 0.2) is 11.5 Å². The first-order valence-corrected chi connectivity index (χ1v) is 8.47. The van der Waals surface area contributed by atoms with E-state index in [4.69, 9.17) is 0 Å². The Morgan fingerprint density at radius 1 is 1.08 bits per heavy atom. The largest absolute Gasteiger partial charge is 0.345 e. The molecule has 0 aliphatic rings. The fraction of sp³-hybridized carbons (Fsp3) is 0.158. The lowest BCUT2D eigenvalue weighted by molar-refractivity contribution is 0.0949. The fourth-order valence-electron chi connectivity index (χ4n) is 2.96. The Hall–Kier alpha value is -3.48. The smallest absolute Gasteiger partial charge is 0.255 e. The highest BCUT2D eigenvalue weighted by molar-refractivity contribution is 5.95. The van der Waals surface area contributed by atoms with Crippen LogP contribution >= 0.6 is 0 Å². The van der Waals surface area contributed by atoms with E-state index >= 15 is 0 Å². The van der Waals surface area contributed by atoms with Gasteiger partial charge in [-0.15, -0.1) is 10.2 Å². The minimum absolute atomic E-state index is 0.170. The highest BCUT2D eigenvalue weighted by Gasteiger charge is 2.17. The topological polar surface area (TPSA) is 77.1 Å². The van der Waals surface area contributed by atoms with Crippen molar-refractivity contribution >= 4 is 11.6 Å². The normalized spacial score (nSPS) is 11.0. The molecule has 0 atom stereocenters. The second kappa shape index (κ2) is 6.79. The zero-order valence-electron chi connectivity index (χ0n) is 14.3. The number of nitrogens with zero attached hydrogens (tertiary/aromatic N) is 5. The molecular formula is C19H18N6O. The van der Waals surface area contributed by atoms with E-state index in [1.54, 1.807) is 10.9 Å². The van der Waals surface area contributed by atoms with Crippen LogP contribution in [0.2, 0.25) is 0 Å². The molecule has 0 saturated heterocycles. The van der Waals surface area contributed by atoms with Crippen molar-refractivity contribution in [2.45, 2.75) is 19.9 Å². The summed E-state index contributed by atoms with van der Waals surface area (Å²) >= 11 is 0. The number of amides is 1. The maximum absolute atomic E-state index is 12.7. The lowest BCUT2D eigenvalue weighted by Crippen LogP contribution is -2.25. The minimum Gasteiger partial charge on any atom is -0.345 e. The first-order chi connectivity index (χ1) is 12.8. The van der Waals surface area contributed by atoms with Gasteiger partial charge in [-0.1, -0.05) is 31.2 Å². The summed E-state index contributed by atoms with van der Waals surface area (Å²) in [4.78, 5) is 12.7. The Kier molecular flexibility index (Phi) is 4.18. The zero-order chi connectivity index (χ0) is 17.9. The predicted octanol–water partition coefficient (Wildman–Crippen LogP) is 2.41. The van der Waals surface area contributed by atoms with Crippen molar-refractivity contribution in [1.29, 1.82) is 0 Å². The molecule has 0 bridgehead atoms. The second-order valence-corrected chi connectivity index (χ2v) is 5.83. The van der Waals surface area contributed by atoms with Gasteiger partial charge in [0.1, 0.15) is 0 Å². The molecule has 4 aromatic rings. The average molecular weight is 346 g/mol. The average Bonchev–Trinajstić information content (AvgIpc) is 3.31. The van der Waals surface area contributed by atoms with Crippen LogP contribution in [0.1, 0.15) is 28.8 Å². The van der Waals surface area contributed by atoms with E-state index in [9.17, 15) is 4.79 Å². The number of rotatable bonds is 5. The van der Waals surface area contributed by atoms with Crippen LogP contribution in [0, 0.1) is 0 Å². The van der Waals surface area contributed by atoms with Crippen molar-refractivity contribution in [3.8, 4) is 5.69 Å². The van der Waals surface area contributed by atoms with Gasteiger partial charge in [0.2, 0.25) is 0 Å². The first-order valence-electron chi connectivity index (χ1n) is 8.47. The van der Waals surface area contributed by atoms with Crippen molar-refractivity contribution in [3.63, 3.8) is 0 Å². The molecule has 1 N–H and O–H groups in total. The van der Waals surface area contributed by atoms with Crippen LogP contribution in [0.4, 0.5) is 0 Å². The Morgan fingerprint density at radius 2 is 1.88 bits per heavy atom. The Morgan fingerprint density at radius 3 is 2.69 bits per heavy atom. The van der Waals surface area contributed by atoms with Crippen molar-refractivity contribution in [2.24, 2.45) is 0 Å². The Balaban J connectivity index is 1.56. The molecule has 1 amide bonds. The van der Waals surface area contributed by atoms with E-state index in [0.29, 0.717) is 24.4 Å².